The van der Waals surface area contributed by atoms with Crippen molar-refractivity contribution >= 4 is 22.2 Å². The first-order valence-corrected chi connectivity index (χ1v) is 6.38. The summed E-state index contributed by atoms with van der Waals surface area (Å²) in [5.74, 6) is 3.09. The minimum atomic E-state index is -0.878. The van der Waals surface area contributed by atoms with Gasteiger partial charge in [-0.05, 0) is 24.8 Å². The highest BCUT2D eigenvalue weighted by molar-refractivity contribution is 7.18. The van der Waals surface area contributed by atoms with E-state index in [0.29, 0.717) is 5.92 Å². The summed E-state index contributed by atoms with van der Waals surface area (Å²) in [5, 5.41) is 9.88. The number of rotatable bonds is 3. The lowest BCUT2D eigenvalue weighted by molar-refractivity contribution is 0.232. The summed E-state index contributed by atoms with van der Waals surface area (Å²) in [5.41, 5.74) is 0.752. The molecule has 0 amide bonds. The quantitative estimate of drug-likeness (QED) is 0.842. The van der Waals surface area contributed by atoms with Crippen LogP contribution in [0.25, 0.3) is 10.9 Å². The van der Waals surface area contributed by atoms with Crippen molar-refractivity contribution in [1.82, 2.24) is 9.38 Å². The van der Waals surface area contributed by atoms with E-state index >= 15 is 0 Å². The molecule has 2 aromatic heterocycles. The van der Waals surface area contributed by atoms with E-state index in [1.54, 1.807) is 23.9 Å². The summed E-state index contributed by atoms with van der Waals surface area (Å²) in [4.78, 5) is 6.09. The number of fused-ring (bicyclic) bond motifs is 1. The topological polar surface area (TPSA) is 37.5 Å². The van der Waals surface area contributed by atoms with E-state index in [-0.39, 0.29) is 0 Å². The van der Waals surface area contributed by atoms with Gasteiger partial charge in [0.1, 0.15) is 11.2 Å². The molecule has 0 spiro atoms. The average Bonchev–Trinajstić information content (AvgIpc) is 2.94. The number of nitrogens with zero attached hydrogens (tertiary/aromatic N) is 2. The minimum absolute atomic E-state index is 0.713. The van der Waals surface area contributed by atoms with Crippen molar-refractivity contribution in [2.45, 2.75) is 18.9 Å². The lowest BCUT2D eigenvalue weighted by Crippen LogP contribution is -1.99. The summed E-state index contributed by atoms with van der Waals surface area (Å²) in [6.07, 6.45) is 14.7. The predicted octanol–water partition coefficient (Wildman–Crippen LogP) is 2.49. The van der Waals surface area contributed by atoms with Crippen molar-refractivity contribution in [2.24, 2.45) is 5.92 Å². The Hall–Kier alpha value is -1.57. The van der Waals surface area contributed by atoms with Gasteiger partial charge in [0.2, 0.25) is 0 Å². The normalized spacial score (nSPS) is 17.6. The Morgan fingerprint density at radius 1 is 1.65 bits per heavy atom. The van der Waals surface area contributed by atoms with E-state index < -0.39 is 6.10 Å². The van der Waals surface area contributed by atoms with Crippen LogP contribution in [0.4, 0.5) is 0 Å². The number of allylic oxidation sites excluding steroid dienone is 1. The molecule has 3 nitrogen and oxygen atoms in total. The zero-order valence-electron chi connectivity index (χ0n) is 9.21. The third-order valence-corrected chi connectivity index (χ3v) is 3.97. The second-order valence-corrected chi connectivity index (χ2v) is 5.28. The number of aromatic nitrogens is 2. The lowest BCUT2D eigenvalue weighted by Gasteiger charge is -2.03. The Kier molecular flexibility index (Phi) is 2.50. The van der Waals surface area contributed by atoms with Gasteiger partial charge in [-0.15, -0.1) is 17.8 Å². The van der Waals surface area contributed by atoms with Gasteiger partial charge in [-0.3, -0.25) is 4.40 Å². The van der Waals surface area contributed by atoms with Crippen LogP contribution in [-0.4, -0.2) is 14.5 Å². The molecule has 1 unspecified atom stereocenters. The molecule has 1 aliphatic carbocycles. The molecule has 4 heteroatoms. The van der Waals surface area contributed by atoms with Crippen molar-refractivity contribution in [3.8, 4) is 12.3 Å². The fourth-order valence-electron chi connectivity index (χ4n) is 1.80. The molecule has 0 bridgehead atoms. The van der Waals surface area contributed by atoms with Crippen LogP contribution in [0.15, 0.2) is 18.6 Å². The number of thiazole rings is 1. The standard InChI is InChI=1S/C13H12N2OS/c1-2-10(16)13-11(6-5-9-3-4-9)17-12-7-14-8-15(12)13/h1,5-10,16H,3-4H2/b6-5+. The number of terminal acetylenes is 1. The van der Waals surface area contributed by atoms with Crippen LogP contribution in [-0.2, 0) is 0 Å². The van der Waals surface area contributed by atoms with Crippen molar-refractivity contribution in [3.05, 3.63) is 29.2 Å². The van der Waals surface area contributed by atoms with Gasteiger partial charge in [0.25, 0.3) is 0 Å². The zero-order valence-corrected chi connectivity index (χ0v) is 10.0. The largest absolute Gasteiger partial charge is 0.374 e. The molecular formula is C13H12N2OS. The van der Waals surface area contributed by atoms with Crippen molar-refractivity contribution < 1.29 is 5.11 Å². The molecule has 1 N–H and O–H groups in total. The fraction of sp³-hybridized carbons (Fsp3) is 0.308. The molecule has 0 aliphatic heterocycles. The van der Waals surface area contributed by atoms with Gasteiger partial charge < -0.3 is 5.11 Å². The van der Waals surface area contributed by atoms with Gasteiger partial charge in [0, 0.05) is 0 Å². The molecule has 1 saturated carbocycles. The molecule has 1 atom stereocenters. The predicted molar refractivity (Wildman–Crippen MR) is 68.6 cm³/mol. The third-order valence-electron chi connectivity index (χ3n) is 2.89. The number of hydrogen-bond acceptors (Lipinski definition) is 3. The third kappa shape index (κ3) is 1.88. The van der Waals surface area contributed by atoms with Crippen molar-refractivity contribution in [1.29, 1.82) is 0 Å². The van der Waals surface area contributed by atoms with Crippen LogP contribution in [0, 0.1) is 18.3 Å². The van der Waals surface area contributed by atoms with Crippen LogP contribution < -0.4 is 0 Å². The summed E-state index contributed by atoms with van der Waals surface area (Å²) in [7, 11) is 0. The molecule has 86 valence electrons. The highest BCUT2D eigenvalue weighted by atomic mass is 32.1. The Morgan fingerprint density at radius 2 is 2.47 bits per heavy atom. The smallest absolute Gasteiger partial charge is 0.156 e. The monoisotopic (exact) mass is 244 g/mol. The van der Waals surface area contributed by atoms with Crippen LogP contribution in [0.5, 0.6) is 0 Å². The van der Waals surface area contributed by atoms with Crippen LogP contribution in [0.1, 0.15) is 29.5 Å². The summed E-state index contributed by atoms with van der Waals surface area (Å²) in [6.45, 7) is 0. The van der Waals surface area contributed by atoms with Crippen molar-refractivity contribution in [3.63, 3.8) is 0 Å². The molecule has 17 heavy (non-hydrogen) atoms. The maximum Gasteiger partial charge on any atom is 0.156 e. The van der Waals surface area contributed by atoms with Gasteiger partial charge in [-0.25, -0.2) is 4.98 Å². The highest BCUT2D eigenvalue weighted by Crippen LogP contribution is 2.34. The van der Waals surface area contributed by atoms with E-state index in [1.165, 1.54) is 12.8 Å². The molecule has 3 rings (SSSR count). The number of aliphatic hydroxyl groups is 1. The molecular weight excluding hydrogens is 232 g/mol. The van der Waals surface area contributed by atoms with Gasteiger partial charge in [-0.2, -0.15) is 0 Å². The maximum atomic E-state index is 9.88. The van der Waals surface area contributed by atoms with Crippen LogP contribution in [0.3, 0.4) is 0 Å². The Labute approximate surface area is 103 Å². The Bertz CT molecular complexity index is 613. The average molecular weight is 244 g/mol. The first-order valence-electron chi connectivity index (χ1n) is 5.56. The second kappa shape index (κ2) is 4.02. The van der Waals surface area contributed by atoms with E-state index in [1.807, 2.05) is 4.40 Å². The second-order valence-electron chi connectivity index (χ2n) is 4.22. The summed E-state index contributed by atoms with van der Waals surface area (Å²) >= 11 is 1.60. The van der Waals surface area contributed by atoms with Crippen LogP contribution >= 0.6 is 11.3 Å². The molecule has 0 saturated heterocycles. The summed E-state index contributed by atoms with van der Waals surface area (Å²) in [6, 6.07) is 0. The first kappa shape index (κ1) is 10.6. The molecule has 2 aromatic rings. The van der Waals surface area contributed by atoms with E-state index in [2.05, 4.69) is 23.1 Å². The maximum absolute atomic E-state index is 9.88. The molecule has 2 heterocycles. The summed E-state index contributed by atoms with van der Waals surface area (Å²) < 4.78 is 1.86. The molecule has 1 aliphatic rings. The minimum Gasteiger partial charge on any atom is -0.374 e. The van der Waals surface area contributed by atoms with Crippen LogP contribution in [0.2, 0.25) is 0 Å². The fourth-order valence-corrected chi connectivity index (χ4v) is 2.84. The van der Waals surface area contributed by atoms with E-state index in [0.717, 1.165) is 15.4 Å². The van der Waals surface area contributed by atoms with Crippen molar-refractivity contribution in [2.75, 3.05) is 0 Å². The van der Waals surface area contributed by atoms with E-state index in [9.17, 15) is 5.11 Å². The van der Waals surface area contributed by atoms with E-state index in [4.69, 9.17) is 6.42 Å². The van der Waals surface area contributed by atoms with Gasteiger partial charge in [0.15, 0.2) is 6.10 Å². The van der Waals surface area contributed by atoms with Gasteiger partial charge in [-0.1, -0.05) is 12.0 Å². The highest BCUT2D eigenvalue weighted by Gasteiger charge is 2.20. The molecule has 1 fully saturated rings. The zero-order chi connectivity index (χ0) is 11.8. The number of aliphatic hydroxyl groups excluding tert-OH is 1. The molecule has 0 aromatic carbocycles. The van der Waals surface area contributed by atoms with Gasteiger partial charge in [0.05, 0.1) is 16.8 Å². The first-order chi connectivity index (χ1) is 8.29. The Morgan fingerprint density at radius 3 is 3.18 bits per heavy atom. The number of hydrogen-bond donors (Lipinski definition) is 1. The SMILES string of the molecule is C#CC(O)c1c(/C=C/C2CC2)sc2cncn12. The lowest BCUT2D eigenvalue weighted by atomic mass is 10.2. The Balaban J connectivity index is 2.08. The van der Waals surface area contributed by atoms with Gasteiger partial charge >= 0.3 is 0 Å². The number of imidazole rings is 1. The molecule has 0 radical (unpaired) electrons.